The molecule has 0 bridgehead atoms. The van der Waals surface area contributed by atoms with Gasteiger partial charge in [0.1, 0.15) is 18.1 Å². The fraction of sp³-hybridized carbons (Fsp3) is 0.286. The summed E-state index contributed by atoms with van der Waals surface area (Å²) in [5.74, 6) is -1.30. The molecule has 0 saturated carbocycles. The number of carbonyl (C=O) groups excluding carboxylic acids is 3. The molecule has 12 nitrogen and oxygen atoms in total. The van der Waals surface area contributed by atoms with Crippen molar-refractivity contribution < 1.29 is 42.7 Å². The molecule has 13 heteroatoms. The molecule has 0 aliphatic heterocycles. The van der Waals surface area contributed by atoms with Crippen LogP contribution in [0.4, 0.5) is 0 Å². The molecule has 0 aliphatic rings. The topological polar surface area (TPSA) is 168 Å². The summed E-state index contributed by atoms with van der Waals surface area (Å²) in [6, 6.07) is 25.5. The summed E-state index contributed by atoms with van der Waals surface area (Å²) in [6.45, 7) is 3.82. The van der Waals surface area contributed by atoms with E-state index in [4.69, 9.17) is 14.0 Å². The Balaban J connectivity index is 1.43. The molecule has 1 heterocycles. The van der Waals surface area contributed by atoms with Crippen molar-refractivity contribution >= 4 is 31.1 Å². The van der Waals surface area contributed by atoms with Gasteiger partial charge in [0.2, 0.25) is 12.3 Å². The van der Waals surface area contributed by atoms with Crippen LogP contribution in [0.15, 0.2) is 95.4 Å². The summed E-state index contributed by atoms with van der Waals surface area (Å²) in [5.41, 5.74) is 2.22. The minimum Gasteiger partial charge on any atom is -0.494 e. The molecular formula is C35H40N3O9P. The Morgan fingerprint density at radius 3 is 2.25 bits per heavy atom. The van der Waals surface area contributed by atoms with Gasteiger partial charge in [0.25, 0.3) is 5.91 Å². The summed E-state index contributed by atoms with van der Waals surface area (Å²) >= 11 is 0. The summed E-state index contributed by atoms with van der Waals surface area (Å²) in [4.78, 5) is 63.9. The van der Waals surface area contributed by atoms with E-state index in [-0.39, 0.29) is 48.4 Å². The van der Waals surface area contributed by atoms with Crippen molar-refractivity contribution in [3.05, 3.63) is 108 Å². The van der Waals surface area contributed by atoms with Crippen LogP contribution in [0.5, 0.6) is 5.75 Å². The zero-order valence-corrected chi connectivity index (χ0v) is 27.7. The predicted molar refractivity (Wildman–Crippen MR) is 179 cm³/mol. The fourth-order valence-electron chi connectivity index (χ4n) is 5.22. The van der Waals surface area contributed by atoms with Crippen LogP contribution in [0.1, 0.15) is 48.4 Å². The van der Waals surface area contributed by atoms with Crippen LogP contribution in [-0.4, -0.2) is 52.4 Å². The van der Waals surface area contributed by atoms with Crippen molar-refractivity contribution in [2.24, 2.45) is 5.92 Å². The van der Waals surface area contributed by atoms with Crippen LogP contribution in [0.3, 0.4) is 0 Å². The minimum absolute atomic E-state index is 0.0766. The lowest BCUT2D eigenvalue weighted by Crippen LogP contribution is -2.48. The van der Waals surface area contributed by atoms with E-state index in [2.05, 4.69) is 10.6 Å². The Hall–Kier alpha value is -4.74. The summed E-state index contributed by atoms with van der Waals surface area (Å²) in [6.07, 6.45) is 2.02. The van der Waals surface area contributed by atoms with E-state index in [1.54, 1.807) is 13.0 Å². The predicted octanol–water partition coefficient (Wildman–Crippen LogP) is 4.57. The third-order valence-corrected chi connectivity index (χ3v) is 8.56. The monoisotopic (exact) mass is 677 g/mol. The van der Waals surface area contributed by atoms with E-state index in [1.165, 1.54) is 29.3 Å². The molecule has 48 heavy (non-hydrogen) atoms. The first-order valence-electron chi connectivity index (χ1n) is 15.6. The molecule has 4 rings (SSSR count). The second kappa shape index (κ2) is 17.4. The third kappa shape index (κ3) is 10.1. The fourth-order valence-corrected chi connectivity index (χ4v) is 5.83. The van der Waals surface area contributed by atoms with E-state index in [0.717, 1.165) is 11.1 Å². The van der Waals surface area contributed by atoms with Crippen molar-refractivity contribution in [3.63, 3.8) is 0 Å². The SMILES string of the molecule is CCOc1cc(-c2ccc(C(=O)NCNC(=O)[C@H](CCc3ccccc3)[C@@H](CC)N(C=O)OCc3ccccc3)o2)cc(P(=O)(O)O)c1. The molecule has 0 radical (unpaired) electrons. The highest BCUT2D eigenvalue weighted by Crippen LogP contribution is 2.37. The van der Waals surface area contributed by atoms with Gasteiger partial charge < -0.3 is 29.6 Å². The van der Waals surface area contributed by atoms with Crippen LogP contribution < -0.4 is 20.7 Å². The van der Waals surface area contributed by atoms with E-state index < -0.39 is 25.5 Å². The van der Waals surface area contributed by atoms with Gasteiger partial charge in [0.05, 0.1) is 30.5 Å². The van der Waals surface area contributed by atoms with Gasteiger partial charge in [0.15, 0.2) is 5.76 Å². The number of nitrogens with zero attached hydrogens (tertiary/aromatic N) is 1. The van der Waals surface area contributed by atoms with Crippen molar-refractivity contribution in [2.45, 2.75) is 45.8 Å². The largest absolute Gasteiger partial charge is 0.494 e. The summed E-state index contributed by atoms with van der Waals surface area (Å²) in [7, 11) is -4.59. The third-order valence-electron chi connectivity index (χ3n) is 7.62. The normalized spacial score (nSPS) is 12.5. The van der Waals surface area contributed by atoms with E-state index in [1.807, 2.05) is 67.6 Å². The second-order valence-corrected chi connectivity index (χ2v) is 12.5. The van der Waals surface area contributed by atoms with Gasteiger partial charge in [-0.1, -0.05) is 67.6 Å². The lowest BCUT2D eigenvalue weighted by molar-refractivity contribution is -0.200. The number of hydroxylamine groups is 2. The van der Waals surface area contributed by atoms with E-state index in [9.17, 15) is 28.7 Å². The minimum atomic E-state index is -4.59. The molecule has 0 fully saturated rings. The highest BCUT2D eigenvalue weighted by atomic mass is 31.2. The highest BCUT2D eigenvalue weighted by molar-refractivity contribution is 7.60. The molecule has 0 aliphatic carbocycles. The molecule has 3 amide bonds. The van der Waals surface area contributed by atoms with E-state index >= 15 is 0 Å². The second-order valence-electron chi connectivity index (χ2n) is 10.9. The zero-order chi connectivity index (χ0) is 34.5. The Morgan fingerprint density at radius 1 is 0.938 bits per heavy atom. The van der Waals surface area contributed by atoms with Gasteiger partial charge in [-0.2, -0.15) is 0 Å². The van der Waals surface area contributed by atoms with Crippen LogP contribution in [0.2, 0.25) is 0 Å². The molecule has 2 atom stereocenters. The Bertz CT molecular complexity index is 1690. The Morgan fingerprint density at radius 2 is 1.62 bits per heavy atom. The van der Waals surface area contributed by atoms with Crippen LogP contribution in [0.25, 0.3) is 11.3 Å². The molecule has 4 N–H and O–H groups in total. The van der Waals surface area contributed by atoms with Crippen molar-refractivity contribution in [1.82, 2.24) is 15.7 Å². The molecule has 3 aromatic carbocycles. The van der Waals surface area contributed by atoms with Crippen molar-refractivity contribution in [3.8, 4) is 17.1 Å². The first kappa shape index (κ1) is 36.1. The van der Waals surface area contributed by atoms with Crippen LogP contribution >= 0.6 is 7.60 Å². The lowest BCUT2D eigenvalue weighted by atomic mass is 9.90. The quantitative estimate of drug-likeness (QED) is 0.0511. The average Bonchev–Trinajstić information content (AvgIpc) is 3.59. The maximum atomic E-state index is 13.6. The molecule has 254 valence electrons. The number of benzene rings is 3. The Labute approximate surface area is 279 Å². The van der Waals surface area contributed by atoms with Gasteiger partial charge in [-0.25, -0.2) is 5.06 Å². The van der Waals surface area contributed by atoms with Crippen LogP contribution in [-0.2, 0) is 32.0 Å². The van der Waals surface area contributed by atoms with Crippen molar-refractivity contribution in [1.29, 1.82) is 0 Å². The molecular weight excluding hydrogens is 637 g/mol. The molecule has 0 saturated heterocycles. The molecule has 1 aromatic heterocycles. The lowest BCUT2D eigenvalue weighted by Gasteiger charge is -2.32. The first-order valence-corrected chi connectivity index (χ1v) is 17.2. The summed E-state index contributed by atoms with van der Waals surface area (Å²) in [5, 5.41) is 6.31. The zero-order valence-electron chi connectivity index (χ0n) is 26.8. The molecule has 4 aromatic rings. The number of amides is 3. The smallest absolute Gasteiger partial charge is 0.356 e. The number of aryl methyl sites for hydroxylation is 1. The number of ether oxygens (including phenoxy) is 1. The molecule has 0 unspecified atom stereocenters. The van der Waals surface area contributed by atoms with Crippen molar-refractivity contribution in [2.75, 3.05) is 13.3 Å². The first-order chi connectivity index (χ1) is 23.1. The van der Waals surface area contributed by atoms with Crippen LogP contribution in [0, 0.1) is 5.92 Å². The molecule has 0 spiro atoms. The van der Waals surface area contributed by atoms with Gasteiger partial charge in [-0.05, 0) is 67.6 Å². The maximum Gasteiger partial charge on any atom is 0.356 e. The maximum absolute atomic E-state index is 13.6. The average molecular weight is 678 g/mol. The van der Waals surface area contributed by atoms with Gasteiger partial charge in [0, 0.05) is 5.56 Å². The van der Waals surface area contributed by atoms with Gasteiger partial charge in [-0.3, -0.25) is 23.8 Å². The van der Waals surface area contributed by atoms with E-state index in [0.29, 0.717) is 31.2 Å². The number of rotatable bonds is 18. The van der Waals surface area contributed by atoms with Gasteiger partial charge >= 0.3 is 7.60 Å². The number of carbonyl (C=O) groups is 3. The van der Waals surface area contributed by atoms with Gasteiger partial charge in [-0.15, -0.1) is 0 Å². The number of hydrogen-bond acceptors (Lipinski definition) is 7. The number of hydrogen-bond donors (Lipinski definition) is 4. The number of furan rings is 1. The Kier molecular flexibility index (Phi) is 13.1. The number of nitrogens with one attached hydrogen (secondary N) is 2. The standard InChI is InChI=1S/C35H40N3O9P/c1-3-31(38(24-39)46-22-26-13-9-6-10-14-26)30(16-15-25-11-7-5-8-12-25)34(40)36-23-37-35(41)33-18-17-32(47-33)27-19-28(45-4-2)21-29(20-27)48(42,43)44/h5-14,17-21,24,30-31H,3-4,15-16,22-23H2,1-2H3,(H,36,40)(H,37,41)(H2,42,43,44)/t30-,31-/m1/s1. The summed E-state index contributed by atoms with van der Waals surface area (Å²) < 4.78 is 23.0. The highest BCUT2D eigenvalue weighted by Gasteiger charge is 2.32.